The number of carbonyl (C=O) groups excluding carboxylic acids is 1. The topological polar surface area (TPSA) is 63.1 Å². The highest BCUT2D eigenvalue weighted by Gasteiger charge is 2.03. The molecule has 1 N–H and O–H groups in total. The SMILES string of the molecule is CC(C)C.Cc1ccc(C)c(N=C(N/N=C/C(C)C)SCOC=O)c1. The second-order valence-electron chi connectivity index (χ2n) is 6.60. The molecule has 0 aliphatic heterocycles. The van der Waals surface area contributed by atoms with Crippen LogP contribution in [0.4, 0.5) is 5.69 Å². The average Bonchev–Trinajstić information content (AvgIpc) is 2.50. The Balaban J connectivity index is 0.00000129. The summed E-state index contributed by atoms with van der Waals surface area (Å²) in [7, 11) is 0. The first-order chi connectivity index (χ1) is 11.8. The van der Waals surface area contributed by atoms with Gasteiger partial charge in [0, 0.05) is 6.21 Å². The largest absolute Gasteiger partial charge is 0.456 e. The molecule has 0 spiro atoms. The number of carbonyl (C=O) groups is 1. The van der Waals surface area contributed by atoms with E-state index in [-0.39, 0.29) is 5.94 Å². The third-order valence-corrected chi connectivity index (χ3v) is 3.16. The quantitative estimate of drug-likeness (QED) is 0.191. The van der Waals surface area contributed by atoms with Crippen LogP contribution in [-0.4, -0.2) is 23.8 Å². The molecule has 0 saturated heterocycles. The number of nitrogens with one attached hydrogen (secondary N) is 1. The Morgan fingerprint density at radius 1 is 1.24 bits per heavy atom. The molecule has 0 unspecified atom stereocenters. The normalized spacial score (nSPS) is 11.5. The summed E-state index contributed by atoms with van der Waals surface area (Å²) >= 11 is 1.28. The van der Waals surface area contributed by atoms with Gasteiger partial charge in [-0.1, -0.05) is 46.8 Å². The molecule has 1 aromatic rings. The predicted molar refractivity (Wildman–Crippen MR) is 110 cm³/mol. The van der Waals surface area contributed by atoms with Crippen molar-refractivity contribution in [2.24, 2.45) is 21.9 Å². The summed E-state index contributed by atoms with van der Waals surface area (Å²) in [5.74, 6) is 1.37. The number of hydrogen-bond acceptors (Lipinski definition) is 5. The molecule has 0 bridgehead atoms. The maximum atomic E-state index is 10.2. The molecule has 1 aromatic carbocycles. The van der Waals surface area contributed by atoms with Crippen LogP contribution in [0.2, 0.25) is 0 Å². The predicted octanol–water partition coefficient (Wildman–Crippen LogP) is 5.05. The van der Waals surface area contributed by atoms with Gasteiger partial charge in [-0.15, -0.1) is 0 Å². The van der Waals surface area contributed by atoms with Gasteiger partial charge in [-0.25, -0.2) is 4.99 Å². The van der Waals surface area contributed by atoms with Gasteiger partial charge in [0.1, 0.15) is 5.94 Å². The van der Waals surface area contributed by atoms with Gasteiger partial charge in [-0.2, -0.15) is 5.10 Å². The van der Waals surface area contributed by atoms with E-state index in [1.807, 2.05) is 45.9 Å². The van der Waals surface area contributed by atoms with Crippen LogP contribution in [0.1, 0.15) is 45.7 Å². The summed E-state index contributed by atoms with van der Waals surface area (Å²) in [5.41, 5.74) is 5.97. The van der Waals surface area contributed by atoms with Gasteiger partial charge in [0.05, 0.1) is 5.69 Å². The molecule has 0 amide bonds. The molecule has 0 heterocycles. The van der Waals surface area contributed by atoms with Gasteiger partial charge in [0.15, 0.2) is 5.17 Å². The van der Waals surface area contributed by atoms with Crippen molar-refractivity contribution < 1.29 is 9.53 Å². The molecule has 0 saturated carbocycles. The van der Waals surface area contributed by atoms with E-state index >= 15 is 0 Å². The van der Waals surface area contributed by atoms with E-state index in [1.165, 1.54) is 11.8 Å². The molecule has 25 heavy (non-hydrogen) atoms. The van der Waals surface area contributed by atoms with Gasteiger partial charge in [0.2, 0.25) is 0 Å². The Kier molecular flexibility index (Phi) is 12.5. The lowest BCUT2D eigenvalue weighted by molar-refractivity contribution is -0.126. The van der Waals surface area contributed by atoms with Crippen molar-refractivity contribution in [3.8, 4) is 0 Å². The van der Waals surface area contributed by atoms with Crippen molar-refractivity contribution in [1.82, 2.24) is 5.43 Å². The second kappa shape index (κ2) is 13.5. The van der Waals surface area contributed by atoms with Crippen molar-refractivity contribution in [2.75, 3.05) is 5.94 Å². The molecule has 0 aliphatic rings. The van der Waals surface area contributed by atoms with Gasteiger partial charge in [-0.05, 0) is 54.6 Å². The van der Waals surface area contributed by atoms with Crippen molar-refractivity contribution in [3.63, 3.8) is 0 Å². The van der Waals surface area contributed by atoms with Gasteiger partial charge >= 0.3 is 0 Å². The maximum absolute atomic E-state index is 10.2. The van der Waals surface area contributed by atoms with E-state index in [1.54, 1.807) is 6.21 Å². The molecule has 5 nitrogen and oxygen atoms in total. The van der Waals surface area contributed by atoms with Crippen LogP contribution in [-0.2, 0) is 9.53 Å². The number of hydrogen-bond donors (Lipinski definition) is 1. The van der Waals surface area contributed by atoms with Gasteiger partial charge < -0.3 is 4.74 Å². The van der Waals surface area contributed by atoms with Crippen molar-refractivity contribution in [1.29, 1.82) is 0 Å². The zero-order valence-corrected chi connectivity index (χ0v) is 17.2. The van der Waals surface area contributed by atoms with Gasteiger partial charge in [0.25, 0.3) is 6.47 Å². The van der Waals surface area contributed by atoms with Gasteiger partial charge in [-0.3, -0.25) is 10.2 Å². The minimum atomic E-state index is 0.192. The number of aryl methyl sites for hydroxylation is 2. The highest BCUT2D eigenvalue weighted by atomic mass is 32.2. The minimum absolute atomic E-state index is 0.192. The lowest BCUT2D eigenvalue weighted by Crippen LogP contribution is -2.15. The van der Waals surface area contributed by atoms with Crippen molar-refractivity contribution in [3.05, 3.63) is 29.3 Å². The summed E-state index contributed by atoms with van der Waals surface area (Å²) in [6, 6.07) is 6.07. The van der Waals surface area contributed by atoms with E-state index < -0.39 is 0 Å². The maximum Gasteiger partial charge on any atom is 0.293 e. The summed E-state index contributed by atoms with van der Waals surface area (Å²) in [6.07, 6.45) is 1.79. The first kappa shape index (κ1) is 23.2. The third-order valence-electron chi connectivity index (χ3n) is 2.45. The van der Waals surface area contributed by atoms with E-state index in [0.29, 0.717) is 17.6 Å². The van der Waals surface area contributed by atoms with E-state index in [9.17, 15) is 4.79 Å². The molecular weight excluding hydrogens is 334 g/mol. The lowest BCUT2D eigenvalue weighted by atomic mass is 10.1. The highest BCUT2D eigenvalue weighted by molar-refractivity contribution is 8.13. The van der Waals surface area contributed by atoms with Crippen molar-refractivity contribution >= 4 is 35.3 Å². The third kappa shape index (κ3) is 13.2. The van der Waals surface area contributed by atoms with Crippen LogP contribution >= 0.6 is 11.8 Å². The zero-order chi connectivity index (χ0) is 19.2. The fourth-order valence-electron chi connectivity index (χ4n) is 1.40. The molecule has 0 radical (unpaired) electrons. The number of thioether (sulfide) groups is 1. The molecule has 140 valence electrons. The number of ether oxygens (including phenoxy) is 1. The number of rotatable bonds is 6. The fraction of sp³-hybridized carbons (Fsp3) is 0.526. The van der Waals surface area contributed by atoms with Crippen LogP contribution in [0.25, 0.3) is 0 Å². The minimum Gasteiger partial charge on any atom is -0.456 e. The Labute approximate surface area is 156 Å². The summed E-state index contributed by atoms with van der Waals surface area (Å²) < 4.78 is 4.69. The van der Waals surface area contributed by atoms with Crippen LogP contribution < -0.4 is 5.43 Å². The van der Waals surface area contributed by atoms with Crippen LogP contribution in [0.3, 0.4) is 0 Å². The number of hydrazone groups is 1. The Morgan fingerprint density at radius 2 is 1.88 bits per heavy atom. The Morgan fingerprint density at radius 3 is 2.44 bits per heavy atom. The molecule has 0 fully saturated rings. The molecular formula is C19H31N3O2S. The first-order valence-corrected chi connectivity index (χ1v) is 9.38. The van der Waals surface area contributed by atoms with Crippen LogP contribution in [0.15, 0.2) is 28.3 Å². The van der Waals surface area contributed by atoms with E-state index in [0.717, 1.165) is 22.7 Å². The molecule has 6 heteroatoms. The molecule has 0 aromatic heterocycles. The zero-order valence-electron chi connectivity index (χ0n) is 16.4. The summed E-state index contributed by atoms with van der Waals surface area (Å²) in [6.45, 7) is 15.0. The number of aliphatic imine (C=N–C) groups is 1. The van der Waals surface area contributed by atoms with Crippen molar-refractivity contribution in [2.45, 2.75) is 48.5 Å². The van der Waals surface area contributed by atoms with E-state index in [2.05, 4.69) is 36.3 Å². The molecule has 1 rings (SSSR count). The lowest BCUT2D eigenvalue weighted by Gasteiger charge is -2.07. The molecule has 0 aliphatic carbocycles. The smallest absolute Gasteiger partial charge is 0.293 e. The summed E-state index contributed by atoms with van der Waals surface area (Å²) in [5, 5.41) is 4.71. The van der Waals surface area contributed by atoms with Crippen LogP contribution in [0, 0.1) is 25.7 Å². The highest BCUT2D eigenvalue weighted by Crippen LogP contribution is 2.21. The number of amidine groups is 1. The number of nitrogens with zero attached hydrogens (tertiary/aromatic N) is 2. The van der Waals surface area contributed by atoms with E-state index in [4.69, 9.17) is 4.74 Å². The fourth-order valence-corrected chi connectivity index (χ4v) is 1.91. The first-order valence-electron chi connectivity index (χ1n) is 8.39. The number of benzene rings is 1. The average molecular weight is 366 g/mol. The standard InChI is InChI=1S/C15H21N3O2S.C4H10/c1-11(2)8-16-18-15(21-10-20-9-19)17-14-7-12(3)5-6-13(14)4;1-4(2)3/h5-9,11H,10H2,1-4H3,(H,17,18);4H,1-3H3/b16-8+;. The monoisotopic (exact) mass is 365 g/mol. The summed E-state index contributed by atoms with van der Waals surface area (Å²) in [4.78, 5) is 14.8. The molecule has 0 atom stereocenters. The second-order valence-corrected chi connectivity index (χ2v) is 7.51. The Hall–Kier alpha value is -1.82. The van der Waals surface area contributed by atoms with Crippen LogP contribution in [0.5, 0.6) is 0 Å². The Bertz CT molecular complexity index is 567.